The van der Waals surface area contributed by atoms with Gasteiger partial charge in [-0.25, -0.2) is 0 Å². The Balaban J connectivity index is 3.18. The van der Waals surface area contributed by atoms with Crippen molar-refractivity contribution in [2.24, 2.45) is 0 Å². The Kier molecular flexibility index (Phi) is 12.5. The van der Waals surface area contributed by atoms with Gasteiger partial charge in [-0.05, 0) is 12.8 Å². The van der Waals surface area contributed by atoms with Crippen LogP contribution in [-0.2, 0) is 10.1 Å². The van der Waals surface area contributed by atoms with Gasteiger partial charge in [0.1, 0.15) is 0 Å². The van der Waals surface area contributed by atoms with Crippen molar-refractivity contribution in [1.82, 2.24) is 0 Å². The van der Waals surface area contributed by atoms with Crippen molar-refractivity contribution in [3.63, 3.8) is 0 Å². The lowest BCUT2D eigenvalue weighted by Gasteiger charge is -2.06. The van der Waals surface area contributed by atoms with Crippen molar-refractivity contribution < 1.29 is 18.1 Å². The quantitative estimate of drug-likeness (QED) is 0.371. The molecule has 0 aliphatic heterocycles. The van der Waals surface area contributed by atoms with Crippen molar-refractivity contribution >= 4 is 10.1 Å². The van der Waals surface area contributed by atoms with Crippen molar-refractivity contribution in [2.75, 3.05) is 0 Å². The van der Waals surface area contributed by atoms with Crippen LogP contribution in [0.25, 0.3) is 0 Å². The summed E-state index contributed by atoms with van der Waals surface area (Å²) in [7, 11) is -4.26. The van der Waals surface area contributed by atoms with E-state index in [4.69, 9.17) is 9.66 Å². The van der Waals surface area contributed by atoms with E-state index >= 15 is 0 Å². The first-order chi connectivity index (χ1) is 9.48. The SMILES string of the molecule is CCCCCCCCCCCCCCC(O)S(=O)(=O)O. The third-order valence-corrected chi connectivity index (χ3v) is 4.57. The molecule has 4 nitrogen and oxygen atoms in total. The van der Waals surface area contributed by atoms with Crippen molar-refractivity contribution in [2.45, 2.75) is 95.8 Å². The normalized spacial score (nSPS) is 13.6. The summed E-state index contributed by atoms with van der Waals surface area (Å²) in [5, 5.41) is 9.11. The van der Waals surface area contributed by atoms with E-state index in [-0.39, 0.29) is 6.42 Å². The molecule has 0 spiro atoms. The lowest BCUT2D eigenvalue weighted by atomic mass is 10.0. The van der Waals surface area contributed by atoms with Gasteiger partial charge in [0, 0.05) is 0 Å². The van der Waals surface area contributed by atoms with E-state index in [1.165, 1.54) is 57.8 Å². The molecule has 0 aliphatic carbocycles. The van der Waals surface area contributed by atoms with Gasteiger partial charge in [0.25, 0.3) is 10.1 Å². The number of unbranched alkanes of at least 4 members (excludes halogenated alkanes) is 11. The predicted octanol–water partition coefficient (Wildman–Crippen LogP) is 4.28. The Bertz CT molecular complexity index is 301. The minimum Gasteiger partial charge on any atom is -0.375 e. The maximum atomic E-state index is 10.6. The van der Waals surface area contributed by atoms with E-state index in [1.54, 1.807) is 0 Å². The predicted molar refractivity (Wildman–Crippen MR) is 83.3 cm³/mol. The van der Waals surface area contributed by atoms with Crippen LogP contribution in [0.4, 0.5) is 0 Å². The van der Waals surface area contributed by atoms with Crippen LogP contribution in [0.5, 0.6) is 0 Å². The van der Waals surface area contributed by atoms with E-state index in [0.29, 0.717) is 6.42 Å². The van der Waals surface area contributed by atoms with Crippen LogP contribution in [0.2, 0.25) is 0 Å². The van der Waals surface area contributed by atoms with Gasteiger partial charge < -0.3 is 5.11 Å². The molecule has 0 heterocycles. The highest BCUT2D eigenvalue weighted by molar-refractivity contribution is 7.86. The molecule has 0 fully saturated rings. The van der Waals surface area contributed by atoms with Gasteiger partial charge in [-0.3, -0.25) is 4.55 Å². The Hall–Kier alpha value is -0.130. The van der Waals surface area contributed by atoms with Crippen LogP contribution >= 0.6 is 0 Å². The van der Waals surface area contributed by atoms with Crippen LogP contribution in [0.15, 0.2) is 0 Å². The molecular weight excluding hydrogens is 276 g/mol. The molecule has 0 radical (unpaired) electrons. The van der Waals surface area contributed by atoms with Crippen molar-refractivity contribution in [3.8, 4) is 0 Å². The first kappa shape index (κ1) is 19.9. The van der Waals surface area contributed by atoms with Gasteiger partial charge in [-0.2, -0.15) is 8.42 Å². The topological polar surface area (TPSA) is 74.6 Å². The van der Waals surface area contributed by atoms with Crippen LogP contribution in [0.1, 0.15) is 90.4 Å². The summed E-state index contributed by atoms with van der Waals surface area (Å²) in [6.45, 7) is 2.23. The maximum absolute atomic E-state index is 10.6. The molecule has 2 N–H and O–H groups in total. The molecule has 20 heavy (non-hydrogen) atoms. The highest BCUT2D eigenvalue weighted by Crippen LogP contribution is 2.13. The fourth-order valence-corrected chi connectivity index (χ4v) is 2.77. The summed E-state index contributed by atoms with van der Waals surface area (Å²) in [4.78, 5) is 0. The second kappa shape index (κ2) is 12.6. The van der Waals surface area contributed by atoms with Gasteiger partial charge in [0.05, 0.1) is 0 Å². The number of aliphatic hydroxyl groups excluding tert-OH is 1. The average Bonchev–Trinajstić information content (AvgIpc) is 2.38. The second-order valence-corrected chi connectivity index (χ2v) is 7.22. The van der Waals surface area contributed by atoms with E-state index in [0.717, 1.165) is 12.8 Å². The van der Waals surface area contributed by atoms with Crippen molar-refractivity contribution in [1.29, 1.82) is 0 Å². The third-order valence-electron chi connectivity index (χ3n) is 3.65. The monoisotopic (exact) mass is 308 g/mol. The largest absolute Gasteiger partial charge is 0.375 e. The van der Waals surface area contributed by atoms with Crippen LogP contribution in [0.3, 0.4) is 0 Å². The lowest BCUT2D eigenvalue weighted by molar-refractivity contribution is 0.219. The summed E-state index contributed by atoms with van der Waals surface area (Å²) >= 11 is 0. The average molecular weight is 308 g/mol. The number of hydrogen-bond donors (Lipinski definition) is 2. The zero-order chi connectivity index (χ0) is 15.3. The van der Waals surface area contributed by atoms with Gasteiger partial charge in [0.15, 0.2) is 5.44 Å². The zero-order valence-electron chi connectivity index (χ0n) is 12.9. The molecule has 0 saturated carbocycles. The molecule has 0 amide bonds. The summed E-state index contributed by atoms with van der Waals surface area (Å²) in [6, 6.07) is 0. The number of hydrogen-bond acceptors (Lipinski definition) is 3. The molecule has 1 atom stereocenters. The highest BCUT2D eigenvalue weighted by atomic mass is 32.2. The molecule has 0 saturated heterocycles. The zero-order valence-corrected chi connectivity index (χ0v) is 13.7. The minimum atomic E-state index is -4.26. The molecule has 0 aromatic carbocycles. The molecule has 0 aromatic rings. The van der Waals surface area contributed by atoms with Gasteiger partial charge in [-0.1, -0.05) is 77.6 Å². The second-order valence-electron chi connectivity index (χ2n) is 5.65. The Labute approximate surface area is 124 Å². The van der Waals surface area contributed by atoms with Crippen LogP contribution < -0.4 is 0 Å². The fourth-order valence-electron chi connectivity index (χ4n) is 2.31. The Morgan fingerprint density at radius 3 is 1.45 bits per heavy atom. The highest BCUT2D eigenvalue weighted by Gasteiger charge is 2.18. The molecule has 0 aliphatic rings. The molecule has 122 valence electrons. The minimum absolute atomic E-state index is 0.135. The third kappa shape index (κ3) is 12.9. The van der Waals surface area contributed by atoms with Crippen LogP contribution in [0, 0.1) is 0 Å². The molecule has 0 bridgehead atoms. The Morgan fingerprint density at radius 1 is 0.750 bits per heavy atom. The first-order valence-electron chi connectivity index (χ1n) is 8.13. The summed E-state index contributed by atoms with van der Waals surface area (Å²) in [5.41, 5.74) is -1.61. The first-order valence-corrected chi connectivity index (χ1v) is 9.63. The van der Waals surface area contributed by atoms with Crippen LogP contribution in [-0.4, -0.2) is 23.5 Å². The van der Waals surface area contributed by atoms with Gasteiger partial charge in [0.2, 0.25) is 0 Å². The smallest absolute Gasteiger partial charge is 0.291 e. The molecule has 0 rings (SSSR count). The van der Waals surface area contributed by atoms with E-state index in [9.17, 15) is 8.42 Å². The van der Waals surface area contributed by atoms with E-state index < -0.39 is 15.6 Å². The number of rotatable bonds is 14. The number of aliphatic hydroxyl groups is 1. The standard InChI is InChI=1S/C15H32O4S/c1-2-3-4-5-6-7-8-9-10-11-12-13-14-15(16)20(17,18)19/h15-16H,2-14H2,1H3,(H,17,18,19). The summed E-state index contributed by atoms with van der Waals surface area (Å²) in [5.74, 6) is 0. The van der Waals surface area contributed by atoms with E-state index in [2.05, 4.69) is 6.92 Å². The van der Waals surface area contributed by atoms with Gasteiger partial charge in [-0.15, -0.1) is 0 Å². The molecular formula is C15H32O4S. The van der Waals surface area contributed by atoms with E-state index in [1.807, 2.05) is 0 Å². The summed E-state index contributed by atoms with van der Waals surface area (Å²) < 4.78 is 29.7. The molecule has 0 aromatic heterocycles. The lowest BCUT2D eigenvalue weighted by Crippen LogP contribution is -2.19. The Morgan fingerprint density at radius 2 is 1.10 bits per heavy atom. The van der Waals surface area contributed by atoms with Crippen molar-refractivity contribution in [3.05, 3.63) is 0 Å². The summed E-state index contributed by atoms with van der Waals surface area (Å²) in [6.07, 6.45) is 14.6. The molecule has 1 unspecified atom stereocenters. The fraction of sp³-hybridized carbons (Fsp3) is 1.00. The van der Waals surface area contributed by atoms with Gasteiger partial charge >= 0.3 is 0 Å². The maximum Gasteiger partial charge on any atom is 0.291 e. The molecule has 5 heteroatoms.